The maximum absolute atomic E-state index is 6.50. The van der Waals surface area contributed by atoms with Crippen molar-refractivity contribution in [1.29, 1.82) is 0 Å². The van der Waals surface area contributed by atoms with Crippen molar-refractivity contribution in [1.82, 2.24) is 19.9 Å². The fraction of sp³-hybridized carbons (Fsp3) is 0.208. The Kier molecular flexibility index (Phi) is 5.33. The number of hydrogen-bond donors (Lipinski definition) is 2. The largest absolute Gasteiger partial charge is 0.393 e. The highest BCUT2D eigenvalue weighted by Crippen LogP contribution is 2.31. The average Bonchev–Trinajstić information content (AvgIpc) is 2.82. The van der Waals surface area contributed by atoms with Gasteiger partial charge in [-0.3, -0.25) is 9.88 Å². The summed E-state index contributed by atoms with van der Waals surface area (Å²) in [5.41, 5.74) is 10.2. The molecule has 1 saturated heterocycles. The summed E-state index contributed by atoms with van der Waals surface area (Å²) < 4.78 is 0. The summed E-state index contributed by atoms with van der Waals surface area (Å²) in [6, 6.07) is 20.6. The minimum atomic E-state index is 0.562. The Morgan fingerprint density at radius 3 is 2.48 bits per heavy atom. The molecule has 0 saturated carbocycles. The van der Waals surface area contributed by atoms with Gasteiger partial charge in [0.05, 0.1) is 11.2 Å². The molecule has 7 heteroatoms. The number of nitrogens with one attached hydrogen (secondary N) is 1. The molecule has 0 aliphatic carbocycles. The Labute approximate surface area is 181 Å². The van der Waals surface area contributed by atoms with Gasteiger partial charge in [0.2, 0.25) is 0 Å². The molecular weight excluding hydrogens is 386 g/mol. The number of anilines is 4. The highest BCUT2D eigenvalue weighted by Gasteiger charge is 2.21. The minimum Gasteiger partial charge on any atom is -0.393 e. The van der Waals surface area contributed by atoms with E-state index in [4.69, 9.17) is 5.73 Å². The molecule has 2 aromatic heterocycles. The van der Waals surface area contributed by atoms with E-state index < -0.39 is 0 Å². The van der Waals surface area contributed by atoms with E-state index in [1.165, 1.54) is 5.56 Å². The lowest BCUT2D eigenvalue weighted by molar-refractivity contribution is 0.249. The van der Waals surface area contributed by atoms with Crippen LogP contribution >= 0.6 is 0 Å². The maximum atomic E-state index is 6.50. The van der Waals surface area contributed by atoms with Gasteiger partial charge in [0, 0.05) is 44.3 Å². The second-order valence-electron chi connectivity index (χ2n) is 7.71. The highest BCUT2D eigenvalue weighted by molar-refractivity contribution is 5.93. The van der Waals surface area contributed by atoms with Crippen molar-refractivity contribution in [2.75, 3.05) is 42.1 Å². The van der Waals surface area contributed by atoms with Gasteiger partial charge in [0.1, 0.15) is 12.0 Å². The lowest BCUT2D eigenvalue weighted by Gasteiger charge is -2.36. The molecular formula is C24H25N7. The van der Waals surface area contributed by atoms with E-state index in [0.29, 0.717) is 11.5 Å². The standard InChI is InChI=1S/C24H25N7/c25-21-23(29-20-10-4-8-19-9-5-11-26-22(19)20)27-17-28-24(21)31-14-12-30(13-15-31)16-18-6-2-1-3-7-18/h1-11,17H,12-16,25H2,(H,27,28,29). The van der Waals surface area contributed by atoms with Crippen LogP contribution in [0.25, 0.3) is 10.9 Å². The van der Waals surface area contributed by atoms with Crippen LogP contribution in [0, 0.1) is 0 Å². The van der Waals surface area contributed by atoms with Crippen LogP contribution in [0.1, 0.15) is 5.56 Å². The van der Waals surface area contributed by atoms with Crippen molar-refractivity contribution in [3.8, 4) is 0 Å². The van der Waals surface area contributed by atoms with E-state index in [1.807, 2.05) is 30.3 Å². The summed E-state index contributed by atoms with van der Waals surface area (Å²) in [5, 5.41) is 4.43. The number of rotatable bonds is 5. The first kappa shape index (κ1) is 19.3. The van der Waals surface area contributed by atoms with Crippen LogP contribution in [0.3, 0.4) is 0 Å². The Balaban J connectivity index is 1.31. The summed E-state index contributed by atoms with van der Waals surface area (Å²) in [7, 11) is 0. The monoisotopic (exact) mass is 411 g/mol. The Hall–Kier alpha value is -3.71. The quantitative estimate of drug-likeness (QED) is 0.518. The van der Waals surface area contributed by atoms with Crippen molar-refractivity contribution < 1.29 is 0 Å². The van der Waals surface area contributed by atoms with Gasteiger partial charge in [-0.25, -0.2) is 9.97 Å². The molecule has 5 rings (SSSR count). The zero-order valence-electron chi connectivity index (χ0n) is 17.3. The Morgan fingerprint density at radius 2 is 1.65 bits per heavy atom. The highest BCUT2D eigenvalue weighted by atomic mass is 15.3. The van der Waals surface area contributed by atoms with E-state index in [-0.39, 0.29) is 0 Å². The van der Waals surface area contributed by atoms with Crippen LogP contribution in [0.15, 0.2) is 73.2 Å². The summed E-state index contributed by atoms with van der Waals surface area (Å²) in [4.78, 5) is 18.1. The second-order valence-corrected chi connectivity index (χ2v) is 7.71. The molecule has 2 aromatic carbocycles. The van der Waals surface area contributed by atoms with Gasteiger partial charge in [-0.1, -0.05) is 48.5 Å². The van der Waals surface area contributed by atoms with Crippen LogP contribution in [-0.2, 0) is 6.54 Å². The topological polar surface area (TPSA) is 83.2 Å². The van der Waals surface area contributed by atoms with Crippen molar-refractivity contribution in [3.05, 3.63) is 78.8 Å². The molecule has 0 amide bonds. The third kappa shape index (κ3) is 4.13. The van der Waals surface area contributed by atoms with Crippen LogP contribution in [0.5, 0.6) is 0 Å². The number of hydrogen-bond acceptors (Lipinski definition) is 7. The third-order valence-electron chi connectivity index (χ3n) is 5.67. The van der Waals surface area contributed by atoms with E-state index >= 15 is 0 Å². The average molecular weight is 412 g/mol. The fourth-order valence-electron chi connectivity index (χ4n) is 4.03. The molecule has 3 N–H and O–H groups in total. The first-order valence-electron chi connectivity index (χ1n) is 10.5. The lowest BCUT2D eigenvalue weighted by atomic mass is 10.2. The van der Waals surface area contributed by atoms with Crippen LogP contribution in [0.4, 0.5) is 23.0 Å². The van der Waals surface area contributed by atoms with Gasteiger partial charge in [0.15, 0.2) is 11.6 Å². The number of aromatic nitrogens is 3. The van der Waals surface area contributed by atoms with Crippen molar-refractivity contribution in [2.45, 2.75) is 6.54 Å². The summed E-state index contributed by atoms with van der Waals surface area (Å²) in [5.74, 6) is 1.39. The molecule has 0 radical (unpaired) electrons. The molecule has 7 nitrogen and oxygen atoms in total. The number of fused-ring (bicyclic) bond motifs is 1. The third-order valence-corrected chi connectivity index (χ3v) is 5.67. The molecule has 1 aliphatic rings. The van der Waals surface area contributed by atoms with Crippen LogP contribution < -0.4 is 16.0 Å². The summed E-state index contributed by atoms with van der Waals surface area (Å²) in [6.07, 6.45) is 3.36. The van der Waals surface area contributed by atoms with Crippen molar-refractivity contribution in [3.63, 3.8) is 0 Å². The molecule has 4 aromatic rings. The van der Waals surface area contributed by atoms with E-state index in [0.717, 1.165) is 55.1 Å². The van der Waals surface area contributed by atoms with E-state index in [2.05, 4.69) is 60.4 Å². The minimum absolute atomic E-state index is 0.562. The number of para-hydroxylation sites is 1. The van der Waals surface area contributed by atoms with Gasteiger partial charge in [-0.15, -0.1) is 0 Å². The zero-order chi connectivity index (χ0) is 21.0. The number of piperazine rings is 1. The van der Waals surface area contributed by atoms with Crippen molar-refractivity contribution in [2.24, 2.45) is 0 Å². The Morgan fingerprint density at radius 1 is 0.839 bits per heavy atom. The second kappa shape index (κ2) is 8.57. The maximum Gasteiger partial charge on any atom is 0.159 e. The molecule has 156 valence electrons. The first-order valence-corrected chi connectivity index (χ1v) is 10.5. The summed E-state index contributed by atoms with van der Waals surface area (Å²) in [6.45, 7) is 4.66. The molecule has 3 heterocycles. The van der Waals surface area contributed by atoms with E-state index in [9.17, 15) is 0 Å². The number of nitrogen functional groups attached to an aromatic ring is 1. The zero-order valence-corrected chi connectivity index (χ0v) is 17.3. The van der Waals surface area contributed by atoms with Crippen LogP contribution in [0.2, 0.25) is 0 Å². The van der Waals surface area contributed by atoms with E-state index in [1.54, 1.807) is 12.5 Å². The Bertz CT molecular complexity index is 1170. The van der Waals surface area contributed by atoms with Gasteiger partial charge < -0.3 is 16.0 Å². The normalized spacial score (nSPS) is 14.6. The molecule has 1 fully saturated rings. The smallest absolute Gasteiger partial charge is 0.159 e. The molecule has 0 unspecified atom stereocenters. The number of pyridine rings is 1. The van der Waals surface area contributed by atoms with Gasteiger partial charge in [-0.05, 0) is 17.7 Å². The molecule has 0 bridgehead atoms. The number of nitrogens with zero attached hydrogens (tertiary/aromatic N) is 5. The molecule has 0 atom stereocenters. The predicted octanol–water partition coefficient (Wildman–Crippen LogP) is 3.67. The fourth-order valence-corrected chi connectivity index (χ4v) is 4.03. The number of nitrogens with two attached hydrogens (primary N) is 1. The first-order chi connectivity index (χ1) is 15.3. The SMILES string of the molecule is Nc1c(Nc2cccc3cccnc23)ncnc1N1CCN(Cc2ccccc2)CC1. The molecule has 31 heavy (non-hydrogen) atoms. The lowest BCUT2D eigenvalue weighted by Crippen LogP contribution is -2.46. The van der Waals surface area contributed by atoms with Gasteiger partial charge in [0.25, 0.3) is 0 Å². The van der Waals surface area contributed by atoms with Gasteiger partial charge in [-0.2, -0.15) is 0 Å². The van der Waals surface area contributed by atoms with Crippen molar-refractivity contribution >= 4 is 33.9 Å². The van der Waals surface area contributed by atoms with Crippen LogP contribution in [-0.4, -0.2) is 46.0 Å². The molecule has 1 aliphatic heterocycles. The van der Waals surface area contributed by atoms with Gasteiger partial charge >= 0.3 is 0 Å². The summed E-state index contributed by atoms with van der Waals surface area (Å²) >= 11 is 0. The predicted molar refractivity (Wildman–Crippen MR) is 125 cm³/mol. The number of benzene rings is 2. The molecule has 0 spiro atoms.